The van der Waals surface area contributed by atoms with Gasteiger partial charge in [-0.05, 0) is 18.4 Å². The van der Waals surface area contributed by atoms with E-state index in [1.54, 1.807) is 0 Å². The maximum atomic E-state index is 4.44. The fourth-order valence-corrected chi connectivity index (χ4v) is 2.66. The van der Waals surface area contributed by atoms with E-state index >= 15 is 0 Å². The molecule has 0 spiro atoms. The van der Waals surface area contributed by atoms with Crippen molar-refractivity contribution in [3.8, 4) is 11.3 Å². The van der Waals surface area contributed by atoms with E-state index in [0.717, 1.165) is 27.7 Å². The van der Waals surface area contributed by atoms with Gasteiger partial charge >= 0.3 is 0 Å². The molecule has 0 saturated heterocycles. The Hall–Kier alpha value is -2.68. The SMILES string of the molecule is Cc1cccc(-c2[nH]nc3ncc4ccccc4c23)c1. The summed E-state index contributed by atoms with van der Waals surface area (Å²) in [5, 5.41) is 10.9. The van der Waals surface area contributed by atoms with Crippen LogP contribution < -0.4 is 0 Å². The van der Waals surface area contributed by atoms with Crippen molar-refractivity contribution in [2.24, 2.45) is 0 Å². The number of rotatable bonds is 1. The predicted molar refractivity (Wildman–Crippen MR) is 81.6 cm³/mol. The number of nitrogens with one attached hydrogen (secondary N) is 1. The van der Waals surface area contributed by atoms with Crippen molar-refractivity contribution in [3.63, 3.8) is 0 Å². The number of benzene rings is 2. The Morgan fingerprint density at radius 1 is 1.00 bits per heavy atom. The Balaban J connectivity index is 2.12. The Morgan fingerprint density at radius 2 is 1.90 bits per heavy atom. The average Bonchev–Trinajstić information content (AvgIpc) is 2.91. The molecule has 20 heavy (non-hydrogen) atoms. The van der Waals surface area contributed by atoms with Crippen LogP contribution in [-0.2, 0) is 0 Å². The predicted octanol–water partition coefficient (Wildman–Crippen LogP) is 4.09. The van der Waals surface area contributed by atoms with E-state index in [9.17, 15) is 0 Å². The normalized spacial score (nSPS) is 11.2. The van der Waals surface area contributed by atoms with Gasteiger partial charge in [-0.15, -0.1) is 0 Å². The van der Waals surface area contributed by atoms with Gasteiger partial charge in [0.05, 0.1) is 11.1 Å². The summed E-state index contributed by atoms with van der Waals surface area (Å²) in [5.74, 6) is 0. The monoisotopic (exact) mass is 259 g/mol. The highest BCUT2D eigenvalue weighted by Gasteiger charge is 2.11. The fourth-order valence-electron chi connectivity index (χ4n) is 2.66. The number of hydrogen-bond acceptors (Lipinski definition) is 2. The van der Waals surface area contributed by atoms with Crippen molar-refractivity contribution >= 4 is 21.8 Å². The summed E-state index contributed by atoms with van der Waals surface area (Å²) < 4.78 is 0. The molecule has 2 aromatic carbocycles. The van der Waals surface area contributed by atoms with Gasteiger partial charge < -0.3 is 0 Å². The molecular weight excluding hydrogens is 246 g/mol. The molecule has 2 heterocycles. The van der Waals surface area contributed by atoms with E-state index in [2.05, 4.69) is 64.6 Å². The van der Waals surface area contributed by atoms with Crippen LogP contribution in [0.2, 0.25) is 0 Å². The van der Waals surface area contributed by atoms with E-state index in [0.29, 0.717) is 0 Å². The van der Waals surface area contributed by atoms with E-state index in [1.807, 2.05) is 12.3 Å². The first-order valence-electron chi connectivity index (χ1n) is 6.62. The van der Waals surface area contributed by atoms with E-state index in [-0.39, 0.29) is 0 Å². The van der Waals surface area contributed by atoms with Crippen molar-refractivity contribution in [1.29, 1.82) is 0 Å². The molecule has 0 aliphatic carbocycles. The quantitative estimate of drug-likeness (QED) is 0.559. The van der Waals surface area contributed by atoms with Gasteiger partial charge in [0, 0.05) is 17.1 Å². The van der Waals surface area contributed by atoms with Crippen molar-refractivity contribution in [2.75, 3.05) is 0 Å². The van der Waals surface area contributed by atoms with Crippen LogP contribution in [0.25, 0.3) is 33.1 Å². The van der Waals surface area contributed by atoms with Crippen LogP contribution in [0, 0.1) is 6.92 Å². The summed E-state index contributed by atoms with van der Waals surface area (Å²) >= 11 is 0. The molecule has 0 amide bonds. The largest absolute Gasteiger partial charge is 0.275 e. The maximum absolute atomic E-state index is 4.44. The molecular formula is C17H13N3. The average molecular weight is 259 g/mol. The molecule has 3 nitrogen and oxygen atoms in total. The van der Waals surface area contributed by atoms with Crippen molar-refractivity contribution < 1.29 is 0 Å². The zero-order chi connectivity index (χ0) is 13.5. The number of H-pyrrole nitrogens is 1. The molecule has 0 radical (unpaired) electrons. The molecule has 0 saturated carbocycles. The molecule has 0 fully saturated rings. The van der Waals surface area contributed by atoms with Gasteiger partial charge in [0.25, 0.3) is 0 Å². The zero-order valence-electron chi connectivity index (χ0n) is 11.1. The number of aromatic nitrogens is 3. The second-order valence-electron chi connectivity index (χ2n) is 5.01. The Labute approximate surface area is 116 Å². The molecule has 4 rings (SSSR count). The third-order valence-corrected chi connectivity index (χ3v) is 3.61. The summed E-state index contributed by atoms with van der Waals surface area (Å²) in [6.45, 7) is 2.10. The van der Waals surface area contributed by atoms with Crippen LogP contribution in [0.1, 0.15) is 5.56 Å². The first-order valence-corrected chi connectivity index (χ1v) is 6.62. The van der Waals surface area contributed by atoms with Crippen molar-refractivity contribution in [2.45, 2.75) is 6.92 Å². The highest BCUT2D eigenvalue weighted by atomic mass is 15.1. The van der Waals surface area contributed by atoms with Crippen LogP contribution >= 0.6 is 0 Å². The second-order valence-corrected chi connectivity index (χ2v) is 5.01. The lowest BCUT2D eigenvalue weighted by Gasteiger charge is -2.03. The number of aromatic amines is 1. The number of pyridine rings is 1. The third kappa shape index (κ3) is 1.60. The lowest BCUT2D eigenvalue weighted by molar-refractivity contribution is 1.10. The molecule has 1 N–H and O–H groups in total. The topological polar surface area (TPSA) is 41.6 Å². The van der Waals surface area contributed by atoms with E-state index in [1.165, 1.54) is 10.9 Å². The standard InChI is InChI=1S/C17H13N3/c1-11-5-4-7-12(9-11)16-15-14-8-3-2-6-13(14)10-18-17(15)20-19-16/h2-10H,1H3,(H,18,19,20). The molecule has 4 aromatic rings. The van der Waals surface area contributed by atoms with Gasteiger partial charge in [-0.25, -0.2) is 4.98 Å². The maximum Gasteiger partial charge on any atom is 0.182 e. The number of fused-ring (bicyclic) bond motifs is 3. The highest BCUT2D eigenvalue weighted by molar-refractivity contribution is 6.10. The second kappa shape index (κ2) is 4.17. The van der Waals surface area contributed by atoms with Gasteiger partial charge in [-0.2, -0.15) is 5.10 Å². The summed E-state index contributed by atoms with van der Waals surface area (Å²) in [5.41, 5.74) is 4.18. The molecule has 3 heteroatoms. The zero-order valence-corrected chi connectivity index (χ0v) is 11.1. The molecule has 96 valence electrons. The molecule has 0 atom stereocenters. The van der Waals surface area contributed by atoms with Crippen molar-refractivity contribution in [1.82, 2.24) is 15.2 Å². The van der Waals surface area contributed by atoms with Gasteiger partial charge in [0.1, 0.15) is 0 Å². The minimum Gasteiger partial charge on any atom is -0.275 e. The number of hydrogen-bond donors (Lipinski definition) is 1. The lowest BCUT2D eigenvalue weighted by Crippen LogP contribution is -1.82. The van der Waals surface area contributed by atoms with Gasteiger partial charge in [0.2, 0.25) is 0 Å². The van der Waals surface area contributed by atoms with Crippen LogP contribution in [0.4, 0.5) is 0 Å². The first kappa shape index (κ1) is 11.2. The lowest BCUT2D eigenvalue weighted by atomic mass is 10.0. The molecule has 0 aliphatic heterocycles. The van der Waals surface area contributed by atoms with Crippen LogP contribution in [0.15, 0.2) is 54.7 Å². The minimum atomic E-state index is 0.764. The summed E-state index contributed by atoms with van der Waals surface area (Å²) in [4.78, 5) is 4.44. The Bertz CT molecular complexity index is 922. The van der Waals surface area contributed by atoms with Gasteiger partial charge in [-0.3, -0.25) is 5.10 Å². The molecule has 0 aliphatic rings. The third-order valence-electron chi connectivity index (χ3n) is 3.61. The summed E-state index contributed by atoms with van der Waals surface area (Å²) in [7, 11) is 0. The summed E-state index contributed by atoms with van der Waals surface area (Å²) in [6, 6.07) is 16.7. The fraction of sp³-hybridized carbons (Fsp3) is 0.0588. The van der Waals surface area contributed by atoms with Gasteiger partial charge in [0.15, 0.2) is 5.65 Å². The van der Waals surface area contributed by atoms with Crippen LogP contribution in [0.5, 0.6) is 0 Å². The smallest absolute Gasteiger partial charge is 0.182 e. The summed E-state index contributed by atoms with van der Waals surface area (Å²) in [6.07, 6.45) is 1.87. The van der Waals surface area contributed by atoms with E-state index in [4.69, 9.17) is 0 Å². The first-order chi connectivity index (χ1) is 9.83. The van der Waals surface area contributed by atoms with Gasteiger partial charge in [-0.1, -0.05) is 48.0 Å². The number of nitrogens with zero attached hydrogens (tertiary/aromatic N) is 2. The highest BCUT2D eigenvalue weighted by Crippen LogP contribution is 2.31. The molecule has 0 bridgehead atoms. The van der Waals surface area contributed by atoms with E-state index < -0.39 is 0 Å². The Morgan fingerprint density at radius 3 is 2.80 bits per heavy atom. The van der Waals surface area contributed by atoms with Crippen LogP contribution in [0.3, 0.4) is 0 Å². The minimum absolute atomic E-state index is 0.764. The molecule has 2 aromatic heterocycles. The van der Waals surface area contributed by atoms with Crippen LogP contribution in [-0.4, -0.2) is 15.2 Å². The number of aryl methyl sites for hydroxylation is 1. The Kier molecular flexibility index (Phi) is 2.33. The molecule has 0 unspecified atom stereocenters. The van der Waals surface area contributed by atoms with Crippen molar-refractivity contribution in [3.05, 3.63) is 60.3 Å².